The third kappa shape index (κ3) is 4.94. The van der Waals surface area contributed by atoms with Gasteiger partial charge in [0.15, 0.2) is 0 Å². The van der Waals surface area contributed by atoms with Gasteiger partial charge in [0, 0.05) is 44.1 Å². The van der Waals surface area contributed by atoms with Crippen LogP contribution >= 0.6 is 0 Å². The maximum absolute atomic E-state index is 13.6. The molecule has 0 aliphatic carbocycles. The molecular weight excluding hydrogens is 438 g/mol. The maximum atomic E-state index is 13.6. The van der Waals surface area contributed by atoms with Crippen molar-refractivity contribution in [2.75, 3.05) is 36.4 Å². The third-order valence-corrected chi connectivity index (χ3v) is 6.05. The molecule has 0 radical (unpaired) electrons. The number of nitriles is 1. The second kappa shape index (κ2) is 9.65. The van der Waals surface area contributed by atoms with Crippen molar-refractivity contribution in [2.45, 2.75) is 31.7 Å². The van der Waals surface area contributed by atoms with Gasteiger partial charge in [0.25, 0.3) is 0 Å². The number of likely N-dealkylation sites (tertiary alicyclic amines) is 1. The summed E-state index contributed by atoms with van der Waals surface area (Å²) in [6.45, 7) is 2.64. The summed E-state index contributed by atoms with van der Waals surface area (Å²) >= 11 is 0. The van der Waals surface area contributed by atoms with Crippen LogP contribution in [0.2, 0.25) is 0 Å². The van der Waals surface area contributed by atoms with Crippen LogP contribution in [0, 0.1) is 11.3 Å². The second-order valence-electron chi connectivity index (χ2n) is 8.59. The van der Waals surface area contributed by atoms with E-state index < -0.39 is 12.3 Å². The summed E-state index contributed by atoms with van der Waals surface area (Å²) < 4.78 is 27.0. The van der Waals surface area contributed by atoms with Gasteiger partial charge < -0.3 is 10.2 Å². The van der Waals surface area contributed by atoms with E-state index in [1.807, 2.05) is 12.1 Å². The standard InChI is InChI=1S/C24H24F2N8/c25-18-4-7-33(13-18)15-21-2-1-20(12-29-21)31-24-28-6-3-22(32-24)17-9-16(10-27)23(30-11-17)34-8-5-19(26)14-34/h1-3,6,9,11-12,18-19H,4-5,7-8,13-15H2,(H,28,31,32)/t18-,19-/m0/s1. The van der Waals surface area contributed by atoms with Crippen molar-refractivity contribution in [1.82, 2.24) is 24.8 Å². The van der Waals surface area contributed by atoms with Gasteiger partial charge in [0.1, 0.15) is 24.2 Å². The zero-order valence-corrected chi connectivity index (χ0v) is 18.5. The molecule has 34 heavy (non-hydrogen) atoms. The quantitative estimate of drug-likeness (QED) is 0.594. The van der Waals surface area contributed by atoms with Crippen LogP contribution in [-0.4, -0.2) is 63.4 Å². The van der Waals surface area contributed by atoms with E-state index in [1.54, 1.807) is 35.6 Å². The van der Waals surface area contributed by atoms with E-state index in [9.17, 15) is 14.0 Å². The van der Waals surface area contributed by atoms with Crippen LogP contribution in [0.4, 0.5) is 26.2 Å². The number of rotatable bonds is 6. The Hall–Kier alpha value is -3.71. The molecule has 5 heterocycles. The number of aromatic nitrogens is 4. The lowest BCUT2D eigenvalue weighted by atomic mass is 10.1. The topological polar surface area (TPSA) is 93.9 Å². The predicted molar refractivity (Wildman–Crippen MR) is 124 cm³/mol. The Morgan fingerprint density at radius 3 is 2.59 bits per heavy atom. The fourth-order valence-electron chi connectivity index (χ4n) is 4.30. The highest BCUT2D eigenvalue weighted by Gasteiger charge is 2.25. The Morgan fingerprint density at radius 2 is 1.88 bits per heavy atom. The average molecular weight is 463 g/mol. The minimum atomic E-state index is -0.894. The van der Waals surface area contributed by atoms with Crippen LogP contribution in [0.25, 0.3) is 11.3 Å². The van der Waals surface area contributed by atoms with Gasteiger partial charge in [-0.2, -0.15) is 5.26 Å². The molecule has 5 rings (SSSR count). The van der Waals surface area contributed by atoms with Crippen LogP contribution in [0.15, 0.2) is 42.9 Å². The minimum absolute atomic E-state index is 0.254. The first kappa shape index (κ1) is 22.1. The van der Waals surface area contributed by atoms with Crippen molar-refractivity contribution >= 4 is 17.5 Å². The third-order valence-electron chi connectivity index (χ3n) is 6.05. The summed E-state index contributed by atoms with van der Waals surface area (Å²) in [4.78, 5) is 21.6. The number of hydrogen-bond donors (Lipinski definition) is 1. The highest BCUT2D eigenvalue weighted by Crippen LogP contribution is 2.27. The van der Waals surface area contributed by atoms with Crippen LogP contribution in [0.5, 0.6) is 0 Å². The van der Waals surface area contributed by atoms with E-state index in [0.29, 0.717) is 61.1 Å². The van der Waals surface area contributed by atoms with Crippen LogP contribution < -0.4 is 10.2 Å². The Morgan fingerprint density at radius 1 is 1.03 bits per heavy atom. The van der Waals surface area contributed by atoms with E-state index in [4.69, 9.17) is 0 Å². The summed E-state index contributed by atoms with van der Waals surface area (Å²) in [6, 6.07) is 9.42. The molecule has 3 aromatic rings. The number of hydrogen-bond acceptors (Lipinski definition) is 8. The molecule has 3 aromatic heterocycles. The van der Waals surface area contributed by atoms with Gasteiger partial charge >= 0.3 is 0 Å². The van der Waals surface area contributed by atoms with Gasteiger partial charge in [-0.3, -0.25) is 9.88 Å². The molecule has 2 saturated heterocycles. The molecule has 0 saturated carbocycles. The molecule has 0 unspecified atom stereocenters. The van der Waals surface area contributed by atoms with E-state index in [2.05, 4.69) is 36.2 Å². The zero-order valence-electron chi connectivity index (χ0n) is 18.5. The number of pyridine rings is 2. The van der Waals surface area contributed by atoms with Crippen LogP contribution in [-0.2, 0) is 6.54 Å². The molecule has 1 N–H and O–H groups in total. The van der Waals surface area contributed by atoms with Crippen molar-refractivity contribution < 1.29 is 8.78 Å². The summed E-state index contributed by atoms with van der Waals surface area (Å²) in [5.74, 6) is 0.884. The second-order valence-corrected chi connectivity index (χ2v) is 8.59. The fraction of sp³-hybridized carbons (Fsp3) is 0.375. The molecule has 174 valence electrons. The molecule has 2 aliphatic heterocycles. The molecule has 8 nitrogen and oxygen atoms in total. The number of nitrogens with one attached hydrogen (secondary N) is 1. The van der Waals surface area contributed by atoms with Crippen molar-refractivity contribution in [3.05, 3.63) is 54.1 Å². The molecule has 0 bridgehead atoms. The SMILES string of the molecule is N#Cc1cc(-c2ccnc(Nc3ccc(CN4CC[C@H](F)C4)nc3)n2)cnc1N1CC[C@H](F)C1. The first-order chi connectivity index (χ1) is 16.6. The van der Waals surface area contributed by atoms with E-state index >= 15 is 0 Å². The van der Waals surface area contributed by atoms with E-state index in [0.717, 1.165) is 17.9 Å². The molecule has 0 amide bonds. The summed E-state index contributed by atoms with van der Waals surface area (Å²) in [7, 11) is 0. The lowest BCUT2D eigenvalue weighted by Gasteiger charge is -2.18. The van der Waals surface area contributed by atoms with Gasteiger partial charge in [-0.05, 0) is 37.1 Å². The normalized spacial score (nSPS) is 20.4. The Bertz CT molecular complexity index is 1200. The Balaban J connectivity index is 1.29. The molecule has 2 fully saturated rings. The number of anilines is 3. The molecule has 0 spiro atoms. The number of alkyl halides is 2. The van der Waals surface area contributed by atoms with Crippen molar-refractivity contribution in [1.29, 1.82) is 5.26 Å². The lowest BCUT2D eigenvalue weighted by molar-refractivity contribution is 0.280. The van der Waals surface area contributed by atoms with Gasteiger partial charge in [0.05, 0.1) is 35.4 Å². The molecular formula is C24H24F2N8. The minimum Gasteiger partial charge on any atom is -0.352 e. The molecule has 0 aromatic carbocycles. The monoisotopic (exact) mass is 462 g/mol. The molecule has 10 heteroatoms. The summed E-state index contributed by atoms with van der Waals surface area (Å²) in [6.07, 6.45) is 4.36. The van der Waals surface area contributed by atoms with Crippen LogP contribution in [0.3, 0.4) is 0 Å². The average Bonchev–Trinajstić information content (AvgIpc) is 3.47. The number of nitrogens with zero attached hydrogens (tertiary/aromatic N) is 7. The first-order valence-corrected chi connectivity index (χ1v) is 11.3. The van der Waals surface area contributed by atoms with Gasteiger partial charge in [-0.15, -0.1) is 0 Å². The predicted octanol–water partition coefficient (Wildman–Crippen LogP) is 3.64. The Labute approximate surface area is 196 Å². The summed E-state index contributed by atoms with van der Waals surface area (Å²) in [5.41, 5.74) is 3.27. The highest BCUT2D eigenvalue weighted by atomic mass is 19.1. The number of halogens is 2. The first-order valence-electron chi connectivity index (χ1n) is 11.3. The smallest absolute Gasteiger partial charge is 0.227 e. The van der Waals surface area contributed by atoms with Gasteiger partial charge in [-0.1, -0.05) is 0 Å². The zero-order chi connectivity index (χ0) is 23.5. The van der Waals surface area contributed by atoms with E-state index in [-0.39, 0.29) is 6.54 Å². The van der Waals surface area contributed by atoms with Crippen molar-refractivity contribution in [2.24, 2.45) is 0 Å². The van der Waals surface area contributed by atoms with E-state index in [1.165, 1.54) is 0 Å². The van der Waals surface area contributed by atoms with Crippen molar-refractivity contribution in [3.8, 4) is 17.3 Å². The highest BCUT2D eigenvalue weighted by molar-refractivity contribution is 5.67. The Kier molecular flexibility index (Phi) is 6.27. The fourth-order valence-corrected chi connectivity index (χ4v) is 4.30. The largest absolute Gasteiger partial charge is 0.352 e. The summed E-state index contributed by atoms with van der Waals surface area (Å²) in [5, 5.41) is 12.7. The molecule has 2 atom stereocenters. The van der Waals surface area contributed by atoms with Gasteiger partial charge in [-0.25, -0.2) is 23.7 Å². The van der Waals surface area contributed by atoms with Crippen molar-refractivity contribution in [3.63, 3.8) is 0 Å². The maximum Gasteiger partial charge on any atom is 0.227 e. The molecule has 2 aliphatic rings. The van der Waals surface area contributed by atoms with Gasteiger partial charge in [0.2, 0.25) is 5.95 Å². The lowest BCUT2D eigenvalue weighted by Crippen LogP contribution is -2.22. The van der Waals surface area contributed by atoms with Crippen LogP contribution in [0.1, 0.15) is 24.1 Å².